The van der Waals surface area contributed by atoms with Gasteiger partial charge in [0.15, 0.2) is 0 Å². The topological polar surface area (TPSA) is 102 Å². The molecule has 0 aliphatic carbocycles. The number of esters is 1. The van der Waals surface area contributed by atoms with E-state index < -0.39 is 29.6 Å². The maximum Gasteiger partial charge on any atom is 0.339 e. The van der Waals surface area contributed by atoms with Crippen LogP contribution in [0.25, 0.3) is 6.08 Å². The zero-order chi connectivity index (χ0) is 30.2. The minimum absolute atomic E-state index is 0.0890. The van der Waals surface area contributed by atoms with Crippen molar-refractivity contribution >= 4 is 74.1 Å². The van der Waals surface area contributed by atoms with Crippen molar-refractivity contribution in [3.63, 3.8) is 0 Å². The monoisotopic (exact) mass is 674 g/mol. The number of carbonyl (C=O) groups excluding carboxylic acids is 4. The van der Waals surface area contributed by atoms with Crippen LogP contribution >= 0.6 is 39.3 Å². The Balaban J connectivity index is 1.43. The van der Waals surface area contributed by atoms with Crippen LogP contribution in [0.5, 0.6) is 5.75 Å². The Labute approximate surface area is 259 Å². The van der Waals surface area contributed by atoms with Crippen LogP contribution in [0.3, 0.4) is 0 Å². The largest absolute Gasteiger partial charge is 0.488 e. The smallest absolute Gasteiger partial charge is 0.339 e. The second-order valence-electron chi connectivity index (χ2n) is 9.10. The predicted octanol–water partition coefficient (Wildman–Crippen LogP) is 7.45. The lowest BCUT2D eigenvalue weighted by molar-refractivity contribution is -0.127. The van der Waals surface area contributed by atoms with Crippen molar-refractivity contribution in [3.05, 3.63) is 97.6 Å². The number of hydrogen-bond donors (Lipinski definition) is 1. The van der Waals surface area contributed by atoms with Gasteiger partial charge in [0.25, 0.3) is 11.1 Å². The van der Waals surface area contributed by atoms with Crippen molar-refractivity contribution in [2.24, 2.45) is 0 Å². The Morgan fingerprint density at radius 3 is 2.60 bits per heavy atom. The summed E-state index contributed by atoms with van der Waals surface area (Å²) in [6.45, 7) is 1.84. The van der Waals surface area contributed by atoms with Crippen molar-refractivity contribution in [1.29, 1.82) is 0 Å². The van der Waals surface area contributed by atoms with Gasteiger partial charge in [-0.15, -0.1) is 0 Å². The number of nitrogens with zero attached hydrogens (tertiary/aromatic N) is 1. The molecule has 0 atom stereocenters. The average molecular weight is 676 g/mol. The second-order valence-corrected chi connectivity index (χ2v) is 11.4. The third kappa shape index (κ3) is 8.21. The number of anilines is 1. The van der Waals surface area contributed by atoms with Gasteiger partial charge in [-0.1, -0.05) is 53.0 Å². The molecule has 1 aliphatic heterocycles. The van der Waals surface area contributed by atoms with E-state index in [1.807, 2.05) is 6.92 Å². The standard InChI is InChI=1S/C30H25BrClFN2O6S/c1-2-3-12-40-29(38)23-15-22(9-10-24(23)32)34-27(36)16-35-28(37)26(42-30(35)39)14-19-13-20(31)6-11-25(19)41-17-18-4-7-21(33)8-5-18/h4-11,13-15H,2-3,12,16-17H2,1H3,(H,34,36)/b26-14-. The first kappa shape index (κ1) is 31.3. The van der Waals surface area contributed by atoms with E-state index in [0.717, 1.165) is 21.4 Å². The maximum atomic E-state index is 13.2. The number of benzene rings is 3. The highest BCUT2D eigenvalue weighted by molar-refractivity contribution is 9.10. The highest BCUT2D eigenvalue weighted by atomic mass is 79.9. The molecule has 4 rings (SSSR count). The molecule has 0 spiro atoms. The van der Waals surface area contributed by atoms with E-state index in [1.165, 1.54) is 36.4 Å². The van der Waals surface area contributed by atoms with Gasteiger partial charge in [-0.25, -0.2) is 9.18 Å². The van der Waals surface area contributed by atoms with E-state index >= 15 is 0 Å². The number of unbranched alkanes of at least 4 members (excludes halogenated alkanes) is 1. The van der Waals surface area contributed by atoms with Gasteiger partial charge >= 0.3 is 5.97 Å². The molecule has 218 valence electrons. The molecule has 0 bridgehead atoms. The number of nitrogens with one attached hydrogen (secondary N) is 1. The van der Waals surface area contributed by atoms with Gasteiger partial charge < -0.3 is 14.8 Å². The van der Waals surface area contributed by atoms with E-state index in [4.69, 9.17) is 21.1 Å². The summed E-state index contributed by atoms with van der Waals surface area (Å²) in [4.78, 5) is 51.8. The fraction of sp³-hybridized carbons (Fsp3) is 0.200. The number of ether oxygens (including phenoxy) is 2. The molecule has 0 saturated carbocycles. The third-order valence-corrected chi connectivity index (χ3v) is 7.67. The molecule has 0 aromatic heterocycles. The van der Waals surface area contributed by atoms with Gasteiger partial charge in [-0.2, -0.15) is 0 Å². The molecule has 1 aliphatic rings. The van der Waals surface area contributed by atoms with Gasteiger partial charge in [0, 0.05) is 15.7 Å². The van der Waals surface area contributed by atoms with E-state index in [2.05, 4.69) is 21.2 Å². The fourth-order valence-electron chi connectivity index (χ4n) is 3.77. The molecule has 1 saturated heterocycles. The molecular formula is C30H25BrClFN2O6S. The third-order valence-electron chi connectivity index (χ3n) is 5.94. The highest BCUT2D eigenvalue weighted by Gasteiger charge is 2.36. The van der Waals surface area contributed by atoms with Crippen LogP contribution in [-0.2, 0) is 20.9 Å². The van der Waals surface area contributed by atoms with E-state index in [9.17, 15) is 23.6 Å². The average Bonchev–Trinajstić information content (AvgIpc) is 3.21. The Morgan fingerprint density at radius 2 is 1.86 bits per heavy atom. The van der Waals surface area contributed by atoms with E-state index in [1.54, 1.807) is 30.3 Å². The zero-order valence-corrected chi connectivity index (χ0v) is 25.5. The number of rotatable bonds is 11. The van der Waals surface area contributed by atoms with Gasteiger partial charge in [0.2, 0.25) is 5.91 Å². The lowest BCUT2D eigenvalue weighted by atomic mass is 10.1. The van der Waals surface area contributed by atoms with Crippen LogP contribution in [0, 0.1) is 5.82 Å². The first-order valence-electron chi connectivity index (χ1n) is 12.8. The minimum Gasteiger partial charge on any atom is -0.488 e. The summed E-state index contributed by atoms with van der Waals surface area (Å²) in [5.41, 5.74) is 1.62. The molecule has 8 nitrogen and oxygen atoms in total. The Bertz CT molecular complexity index is 1550. The first-order chi connectivity index (χ1) is 20.1. The molecule has 1 N–H and O–H groups in total. The summed E-state index contributed by atoms with van der Waals surface area (Å²) < 4.78 is 25.0. The number of thioether (sulfide) groups is 1. The summed E-state index contributed by atoms with van der Waals surface area (Å²) in [7, 11) is 0. The summed E-state index contributed by atoms with van der Waals surface area (Å²) in [6, 6.07) is 15.4. The van der Waals surface area contributed by atoms with Gasteiger partial charge in [-0.05, 0) is 78.4 Å². The molecule has 3 aromatic rings. The van der Waals surface area contributed by atoms with Crippen molar-refractivity contribution < 1.29 is 33.0 Å². The Kier molecular flexibility index (Phi) is 10.8. The lowest BCUT2D eigenvalue weighted by Crippen LogP contribution is -2.36. The fourth-order valence-corrected chi connectivity index (χ4v) is 5.18. The highest BCUT2D eigenvalue weighted by Crippen LogP contribution is 2.35. The summed E-state index contributed by atoms with van der Waals surface area (Å²) in [6.07, 6.45) is 3.08. The van der Waals surface area contributed by atoms with Crippen molar-refractivity contribution in [2.75, 3.05) is 18.5 Å². The van der Waals surface area contributed by atoms with Crippen LogP contribution in [-0.4, -0.2) is 41.1 Å². The molecule has 42 heavy (non-hydrogen) atoms. The van der Waals surface area contributed by atoms with Crippen molar-refractivity contribution in [2.45, 2.75) is 26.4 Å². The molecule has 0 unspecified atom stereocenters. The van der Waals surface area contributed by atoms with Crippen LogP contribution < -0.4 is 10.1 Å². The van der Waals surface area contributed by atoms with Crippen LogP contribution in [0.4, 0.5) is 14.9 Å². The Hall–Kier alpha value is -3.67. The molecule has 1 fully saturated rings. The number of amides is 3. The zero-order valence-electron chi connectivity index (χ0n) is 22.3. The normalized spacial score (nSPS) is 13.9. The summed E-state index contributed by atoms with van der Waals surface area (Å²) in [5, 5.41) is 2.14. The first-order valence-corrected chi connectivity index (χ1v) is 14.8. The van der Waals surface area contributed by atoms with Gasteiger partial charge in [-0.3, -0.25) is 19.3 Å². The second kappa shape index (κ2) is 14.5. The minimum atomic E-state index is -0.642. The summed E-state index contributed by atoms with van der Waals surface area (Å²) in [5.74, 6) is -1.81. The van der Waals surface area contributed by atoms with E-state index in [-0.39, 0.29) is 40.2 Å². The molecule has 3 aromatic carbocycles. The number of imide groups is 1. The predicted molar refractivity (Wildman–Crippen MR) is 163 cm³/mol. The maximum absolute atomic E-state index is 13.2. The number of carbonyl (C=O) groups is 4. The number of halogens is 3. The number of hydrogen-bond acceptors (Lipinski definition) is 7. The SMILES string of the molecule is CCCCOC(=O)c1cc(NC(=O)CN2C(=O)S/C(=C\c3cc(Br)ccc3OCc3ccc(F)cc3)C2=O)ccc1Cl. The van der Waals surface area contributed by atoms with Crippen LogP contribution in [0.2, 0.25) is 5.02 Å². The van der Waals surface area contributed by atoms with Crippen LogP contribution in [0.15, 0.2) is 70.0 Å². The lowest BCUT2D eigenvalue weighted by Gasteiger charge is -2.13. The van der Waals surface area contributed by atoms with Gasteiger partial charge in [0.05, 0.1) is 22.1 Å². The molecule has 1 heterocycles. The Morgan fingerprint density at radius 1 is 1.10 bits per heavy atom. The van der Waals surface area contributed by atoms with E-state index in [0.29, 0.717) is 29.5 Å². The van der Waals surface area contributed by atoms with Crippen molar-refractivity contribution in [3.8, 4) is 5.75 Å². The molecule has 0 radical (unpaired) electrons. The van der Waals surface area contributed by atoms with Gasteiger partial charge in [0.1, 0.15) is 24.7 Å². The van der Waals surface area contributed by atoms with Crippen LogP contribution in [0.1, 0.15) is 41.3 Å². The summed E-state index contributed by atoms with van der Waals surface area (Å²) >= 11 is 10.2. The molecule has 12 heteroatoms. The molecular weight excluding hydrogens is 651 g/mol. The quantitative estimate of drug-likeness (QED) is 0.128. The molecule has 3 amide bonds. The van der Waals surface area contributed by atoms with Crippen molar-refractivity contribution in [1.82, 2.24) is 4.90 Å².